The molecule has 0 radical (unpaired) electrons. The number of carbonyl (C=O) groups excluding carboxylic acids is 2. The van der Waals surface area contributed by atoms with Gasteiger partial charge in [0.2, 0.25) is 5.78 Å². The maximum atomic E-state index is 12.2. The molecule has 0 unspecified atom stereocenters. The van der Waals surface area contributed by atoms with Crippen molar-refractivity contribution in [3.8, 4) is 0 Å². The lowest BCUT2D eigenvalue weighted by atomic mass is 10.2. The zero-order chi connectivity index (χ0) is 18.7. The molecule has 26 heavy (non-hydrogen) atoms. The van der Waals surface area contributed by atoms with Gasteiger partial charge in [-0.1, -0.05) is 11.6 Å². The van der Waals surface area contributed by atoms with E-state index in [0.29, 0.717) is 4.88 Å². The fourth-order valence-corrected chi connectivity index (χ4v) is 3.27. The van der Waals surface area contributed by atoms with Crippen LogP contribution in [0, 0.1) is 10.1 Å². The molecule has 132 valence electrons. The van der Waals surface area contributed by atoms with Crippen molar-refractivity contribution in [1.82, 2.24) is 5.32 Å². The average Bonchev–Trinajstić information content (AvgIpc) is 3.31. The van der Waals surface area contributed by atoms with Gasteiger partial charge in [-0.15, -0.1) is 11.3 Å². The minimum Gasteiger partial charge on any atom is -0.461 e. The molecule has 3 aromatic rings. The van der Waals surface area contributed by atoms with Crippen LogP contribution in [0.4, 0.5) is 5.69 Å². The summed E-state index contributed by atoms with van der Waals surface area (Å²) in [5, 5.41) is 13.5. The fourth-order valence-electron chi connectivity index (χ4n) is 2.19. The van der Waals surface area contributed by atoms with Gasteiger partial charge in [-0.2, -0.15) is 0 Å². The Balaban J connectivity index is 1.66. The molecule has 1 amide bonds. The molecule has 0 aliphatic heterocycles. The third kappa shape index (κ3) is 3.81. The van der Waals surface area contributed by atoms with Crippen molar-refractivity contribution in [1.29, 1.82) is 0 Å². The van der Waals surface area contributed by atoms with Crippen molar-refractivity contribution in [2.45, 2.75) is 6.54 Å². The topological polar surface area (TPSA) is 102 Å². The van der Waals surface area contributed by atoms with Crippen LogP contribution in [-0.4, -0.2) is 16.6 Å². The fraction of sp³-hybridized carbons (Fsp3) is 0.0588. The third-order valence-corrected chi connectivity index (χ3v) is 4.86. The summed E-state index contributed by atoms with van der Waals surface area (Å²) >= 11 is 6.97. The molecule has 0 saturated heterocycles. The smallest absolute Gasteiger partial charge is 0.288 e. The Kier molecular flexibility index (Phi) is 5.15. The summed E-state index contributed by atoms with van der Waals surface area (Å²) in [7, 11) is 0. The van der Waals surface area contributed by atoms with Crippen LogP contribution < -0.4 is 5.32 Å². The van der Waals surface area contributed by atoms with Crippen LogP contribution in [-0.2, 0) is 6.54 Å². The number of nitro benzene ring substituents is 1. The zero-order valence-corrected chi connectivity index (χ0v) is 14.7. The van der Waals surface area contributed by atoms with Crippen molar-refractivity contribution >= 4 is 40.3 Å². The largest absolute Gasteiger partial charge is 0.461 e. The normalized spacial score (nSPS) is 10.5. The monoisotopic (exact) mass is 390 g/mol. The van der Waals surface area contributed by atoms with E-state index in [1.54, 1.807) is 24.3 Å². The van der Waals surface area contributed by atoms with E-state index in [1.165, 1.54) is 29.7 Å². The summed E-state index contributed by atoms with van der Waals surface area (Å²) in [6.07, 6.45) is 1.42. The molecule has 0 saturated carbocycles. The Morgan fingerprint density at radius 2 is 2.04 bits per heavy atom. The lowest BCUT2D eigenvalue weighted by molar-refractivity contribution is -0.384. The molecule has 0 fully saturated rings. The predicted octanol–water partition coefficient (Wildman–Crippen LogP) is 4.06. The number of benzene rings is 1. The number of amides is 1. The van der Waals surface area contributed by atoms with E-state index in [1.807, 2.05) is 0 Å². The van der Waals surface area contributed by atoms with Crippen LogP contribution in [0.2, 0.25) is 5.02 Å². The number of hydrogen-bond acceptors (Lipinski definition) is 6. The Bertz CT molecular complexity index is 981. The van der Waals surface area contributed by atoms with Gasteiger partial charge in [-0.25, -0.2) is 0 Å². The Morgan fingerprint density at radius 1 is 1.23 bits per heavy atom. The molecule has 0 aliphatic carbocycles. The molecule has 2 aromatic heterocycles. The van der Waals surface area contributed by atoms with Crippen molar-refractivity contribution in [2.75, 3.05) is 0 Å². The number of hydrogen-bond donors (Lipinski definition) is 1. The van der Waals surface area contributed by atoms with E-state index < -0.39 is 10.8 Å². The molecule has 0 atom stereocenters. The average molecular weight is 391 g/mol. The van der Waals surface area contributed by atoms with Gasteiger partial charge >= 0.3 is 0 Å². The maximum Gasteiger partial charge on any atom is 0.288 e. The van der Waals surface area contributed by atoms with Gasteiger partial charge in [0.1, 0.15) is 5.02 Å². The molecule has 1 aromatic carbocycles. The van der Waals surface area contributed by atoms with Gasteiger partial charge in [-0.3, -0.25) is 19.7 Å². The molecule has 1 N–H and O–H groups in total. The molecular weight excluding hydrogens is 380 g/mol. The van der Waals surface area contributed by atoms with Crippen LogP contribution in [0.15, 0.2) is 53.1 Å². The van der Waals surface area contributed by atoms with Gasteiger partial charge in [0.15, 0.2) is 5.76 Å². The van der Waals surface area contributed by atoms with E-state index in [0.717, 1.165) is 10.9 Å². The Morgan fingerprint density at radius 3 is 2.73 bits per heavy atom. The zero-order valence-electron chi connectivity index (χ0n) is 13.1. The standard InChI is InChI=1S/C17H11ClN2O5S/c18-12-5-3-10(8-13(12)20(23)24)17(22)19-9-11-4-6-15(26-11)16(21)14-2-1-7-25-14/h1-8H,9H2,(H,19,22). The van der Waals surface area contributed by atoms with Crippen LogP contribution >= 0.6 is 22.9 Å². The summed E-state index contributed by atoms with van der Waals surface area (Å²) < 4.78 is 5.08. The maximum absolute atomic E-state index is 12.2. The number of nitro groups is 1. The van der Waals surface area contributed by atoms with E-state index in [2.05, 4.69) is 5.32 Å². The van der Waals surface area contributed by atoms with Gasteiger partial charge < -0.3 is 9.73 Å². The third-order valence-electron chi connectivity index (χ3n) is 3.46. The number of thiophene rings is 1. The second-order valence-electron chi connectivity index (χ2n) is 5.18. The highest BCUT2D eigenvalue weighted by atomic mass is 35.5. The van der Waals surface area contributed by atoms with Gasteiger partial charge in [0, 0.05) is 16.5 Å². The summed E-state index contributed by atoms with van der Waals surface area (Å²) in [4.78, 5) is 35.8. The van der Waals surface area contributed by atoms with E-state index >= 15 is 0 Å². The lowest BCUT2D eigenvalue weighted by Crippen LogP contribution is -2.22. The highest BCUT2D eigenvalue weighted by molar-refractivity contribution is 7.14. The molecule has 0 aliphatic rings. The summed E-state index contributed by atoms with van der Waals surface area (Å²) in [6.45, 7) is 0.186. The SMILES string of the molecule is O=C(NCc1ccc(C(=O)c2ccco2)s1)c1ccc(Cl)c([N+](=O)[O-])c1. The van der Waals surface area contributed by atoms with E-state index in [-0.39, 0.29) is 34.4 Å². The molecule has 3 rings (SSSR count). The quantitative estimate of drug-likeness (QED) is 0.388. The molecule has 9 heteroatoms. The van der Waals surface area contributed by atoms with Crippen molar-refractivity contribution in [2.24, 2.45) is 0 Å². The van der Waals surface area contributed by atoms with Crippen LogP contribution in [0.3, 0.4) is 0 Å². The minimum absolute atomic E-state index is 0.0362. The first-order valence-electron chi connectivity index (χ1n) is 7.35. The van der Waals surface area contributed by atoms with Gasteiger partial charge in [-0.05, 0) is 36.4 Å². The number of nitrogens with zero attached hydrogens (tertiary/aromatic N) is 1. The van der Waals surface area contributed by atoms with Crippen molar-refractivity contribution in [3.63, 3.8) is 0 Å². The summed E-state index contributed by atoms with van der Waals surface area (Å²) in [6, 6.07) is 10.4. The van der Waals surface area contributed by atoms with Crippen molar-refractivity contribution in [3.05, 3.63) is 84.9 Å². The highest BCUT2D eigenvalue weighted by Crippen LogP contribution is 2.25. The molecular formula is C17H11ClN2O5S. The van der Waals surface area contributed by atoms with Crippen LogP contribution in [0.5, 0.6) is 0 Å². The summed E-state index contributed by atoms with van der Waals surface area (Å²) in [5.74, 6) is -0.459. The summed E-state index contributed by atoms with van der Waals surface area (Å²) in [5.41, 5.74) is -0.202. The molecule has 2 heterocycles. The molecule has 7 nitrogen and oxygen atoms in total. The van der Waals surface area contributed by atoms with Crippen molar-refractivity contribution < 1.29 is 18.9 Å². The van der Waals surface area contributed by atoms with Gasteiger partial charge in [0.25, 0.3) is 11.6 Å². The second kappa shape index (κ2) is 7.51. The number of carbonyl (C=O) groups is 2. The van der Waals surface area contributed by atoms with Crippen LogP contribution in [0.25, 0.3) is 0 Å². The predicted molar refractivity (Wildman–Crippen MR) is 95.7 cm³/mol. The Hall–Kier alpha value is -2.97. The first-order chi connectivity index (χ1) is 12.5. The number of nitrogens with one attached hydrogen (secondary N) is 1. The first-order valence-corrected chi connectivity index (χ1v) is 8.54. The lowest BCUT2D eigenvalue weighted by Gasteiger charge is -2.04. The van der Waals surface area contributed by atoms with Crippen LogP contribution in [0.1, 0.15) is 30.7 Å². The number of furan rings is 1. The molecule has 0 spiro atoms. The number of rotatable bonds is 6. The van der Waals surface area contributed by atoms with E-state index in [4.69, 9.17) is 16.0 Å². The minimum atomic E-state index is -0.648. The molecule has 0 bridgehead atoms. The van der Waals surface area contributed by atoms with Gasteiger partial charge in [0.05, 0.1) is 22.6 Å². The highest BCUT2D eigenvalue weighted by Gasteiger charge is 2.17. The number of ketones is 1. The van der Waals surface area contributed by atoms with E-state index in [9.17, 15) is 19.7 Å². The second-order valence-corrected chi connectivity index (χ2v) is 6.75. The number of halogens is 1. The Labute approximate surface area is 156 Å². The first kappa shape index (κ1) is 17.8.